The Balaban J connectivity index is 1.25. The second kappa shape index (κ2) is 9.94. The van der Waals surface area contributed by atoms with Crippen LogP contribution < -0.4 is 5.32 Å². The van der Waals surface area contributed by atoms with E-state index in [4.69, 9.17) is 4.52 Å². The average Bonchev–Trinajstić information content (AvgIpc) is 3.62. The maximum atomic E-state index is 12.7. The number of pyridine rings is 2. The van der Waals surface area contributed by atoms with Crippen LogP contribution in [0.1, 0.15) is 35.1 Å². The molecule has 1 N–H and O–H groups in total. The lowest BCUT2D eigenvalue weighted by atomic mass is 9.98. The Kier molecular flexibility index (Phi) is 6.40. The van der Waals surface area contributed by atoms with Crippen LogP contribution in [0.4, 0.5) is 5.82 Å². The lowest BCUT2D eigenvalue weighted by Gasteiger charge is -2.30. The number of anilines is 1. The first-order valence-electron chi connectivity index (χ1n) is 11.0. The minimum Gasteiger partial charge on any atom is -0.339 e. The molecule has 0 spiro atoms. The lowest BCUT2D eigenvalue weighted by Crippen LogP contribution is -2.38. The van der Waals surface area contributed by atoms with Crippen LogP contribution in [0.25, 0.3) is 22.0 Å². The second-order valence-corrected chi connectivity index (χ2v) is 8.83. The van der Waals surface area contributed by atoms with E-state index in [2.05, 4.69) is 37.0 Å². The Morgan fingerprint density at radius 2 is 2.11 bits per heavy atom. The highest BCUT2D eigenvalue weighted by Gasteiger charge is 2.28. The van der Waals surface area contributed by atoms with Crippen molar-refractivity contribution in [1.82, 2.24) is 30.0 Å². The summed E-state index contributed by atoms with van der Waals surface area (Å²) in [5.74, 6) is 0.783. The number of carbonyl (C=O) groups is 2. The molecule has 10 nitrogen and oxygen atoms in total. The molecule has 4 aromatic heterocycles. The van der Waals surface area contributed by atoms with Crippen LogP contribution in [-0.2, 0) is 4.79 Å². The average molecular weight is 488 g/mol. The van der Waals surface area contributed by atoms with Gasteiger partial charge < -0.3 is 14.7 Å². The largest absolute Gasteiger partial charge is 0.339 e. The van der Waals surface area contributed by atoms with Crippen LogP contribution in [0, 0.1) is 0 Å². The van der Waals surface area contributed by atoms with Gasteiger partial charge in [-0.15, -0.1) is 11.3 Å². The third-order valence-corrected chi connectivity index (χ3v) is 6.42. The third kappa shape index (κ3) is 4.99. The number of thiazole rings is 1. The summed E-state index contributed by atoms with van der Waals surface area (Å²) >= 11 is 1.45. The van der Waals surface area contributed by atoms with Crippen molar-refractivity contribution in [2.24, 2.45) is 0 Å². The van der Waals surface area contributed by atoms with Gasteiger partial charge >= 0.3 is 0 Å². The molecule has 0 aromatic carbocycles. The first-order chi connectivity index (χ1) is 17.1. The highest BCUT2D eigenvalue weighted by atomic mass is 32.1. The normalized spacial score (nSPS) is 15.5. The Hall–Kier alpha value is -4.25. The first-order valence-corrected chi connectivity index (χ1v) is 11.9. The molecule has 0 saturated carbocycles. The van der Waals surface area contributed by atoms with Crippen LogP contribution in [-0.4, -0.2) is 54.9 Å². The van der Waals surface area contributed by atoms with Gasteiger partial charge in [-0.25, -0.2) is 9.97 Å². The minimum atomic E-state index is -0.366. The summed E-state index contributed by atoms with van der Waals surface area (Å²) in [6, 6.07) is 8.68. The number of aromatic nitrogens is 5. The van der Waals surface area contributed by atoms with E-state index >= 15 is 0 Å². The standard InChI is InChI=1S/C24H21N7O3S/c1-2-21(32)31-10-4-5-16(13-31)24-29-22(30-34-24)15-8-9-20(26-11-15)28-23(33)18-7-3-6-17(27-18)19-12-25-14-35-19/h2-3,6-9,11-12,14,16H,1,4-5,10,13H2,(H,26,28,33). The van der Waals surface area contributed by atoms with E-state index in [1.54, 1.807) is 47.1 Å². The summed E-state index contributed by atoms with van der Waals surface area (Å²) in [7, 11) is 0. The summed E-state index contributed by atoms with van der Waals surface area (Å²) in [5, 5.41) is 6.83. The Bertz CT molecular complexity index is 1350. The zero-order chi connectivity index (χ0) is 24.2. The number of nitrogens with one attached hydrogen (secondary N) is 1. The molecule has 0 aliphatic carbocycles. The van der Waals surface area contributed by atoms with E-state index in [1.165, 1.54) is 17.4 Å². The molecule has 11 heteroatoms. The van der Waals surface area contributed by atoms with Gasteiger partial charge in [-0.2, -0.15) is 4.98 Å². The van der Waals surface area contributed by atoms with Gasteiger partial charge in [0.2, 0.25) is 17.6 Å². The molecule has 35 heavy (non-hydrogen) atoms. The third-order valence-electron chi connectivity index (χ3n) is 5.63. The smallest absolute Gasteiger partial charge is 0.275 e. The van der Waals surface area contributed by atoms with Crippen molar-refractivity contribution in [2.45, 2.75) is 18.8 Å². The number of piperidine rings is 1. The zero-order valence-corrected chi connectivity index (χ0v) is 19.4. The van der Waals surface area contributed by atoms with Gasteiger partial charge in [0.15, 0.2) is 0 Å². The molecular weight excluding hydrogens is 466 g/mol. The van der Waals surface area contributed by atoms with E-state index < -0.39 is 0 Å². The minimum absolute atomic E-state index is 0.0198. The van der Waals surface area contributed by atoms with Crippen LogP contribution in [0.5, 0.6) is 0 Å². The molecule has 1 fully saturated rings. The van der Waals surface area contributed by atoms with Crippen molar-refractivity contribution in [3.63, 3.8) is 0 Å². The molecule has 0 radical (unpaired) electrons. The number of carbonyl (C=O) groups excluding carboxylic acids is 2. The molecule has 1 atom stereocenters. The van der Waals surface area contributed by atoms with E-state index in [9.17, 15) is 9.59 Å². The summed E-state index contributed by atoms with van der Waals surface area (Å²) in [6.45, 7) is 4.77. The molecule has 2 amide bonds. The van der Waals surface area contributed by atoms with Crippen LogP contribution in [0.2, 0.25) is 0 Å². The van der Waals surface area contributed by atoms with Gasteiger partial charge in [0.1, 0.15) is 11.5 Å². The molecule has 1 aliphatic heterocycles. The van der Waals surface area contributed by atoms with Crippen molar-refractivity contribution >= 4 is 29.0 Å². The molecule has 176 valence electrons. The lowest BCUT2D eigenvalue weighted by molar-refractivity contribution is -0.127. The summed E-state index contributed by atoms with van der Waals surface area (Å²) < 4.78 is 5.48. The topological polar surface area (TPSA) is 127 Å². The SMILES string of the molecule is C=CC(=O)N1CCCC(c2nc(-c3ccc(NC(=O)c4cccc(-c5cncs5)n4)nc3)no2)C1. The Morgan fingerprint density at radius 3 is 2.89 bits per heavy atom. The molecule has 5 heterocycles. The molecule has 5 rings (SSSR count). The van der Waals surface area contributed by atoms with Crippen molar-refractivity contribution in [3.8, 4) is 22.0 Å². The highest BCUT2D eigenvalue weighted by molar-refractivity contribution is 7.13. The van der Waals surface area contributed by atoms with Crippen LogP contribution in [0.3, 0.4) is 0 Å². The number of likely N-dealkylation sites (tertiary alicyclic amines) is 1. The van der Waals surface area contributed by atoms with E-state index in [0.29, 0.717) is 41.9 Å². The zero-order valence-electron chi connectivity index (χ0n) is 18.6. The second-order valence-electron chi connectivity index (χ2n) is 7.94. The summed E-state index contributed by atoms with van der Waals surface area (Å²) in [6.07, 6.45) is 6.33. The fourth-order valence-corrected chi connectivity index (χ4v) is 4.44. The highest BCUT2D eigenvalue weighted by Crippen LogP contribution is 2.28. The van der Waals surface area contributed by atoms with Gasteiger partial charge in [0.25, 0.3) is 5.91 Å². The van der Waals surface area contributed by atoms with Crippen LogP contribution >= 0.6 is 11.3 Å². The number of hydrogen-bond acceptors (Lipinski definition) is 9. The van der Waals surface area contributed by atoms with Gasteiger partial charge in [0, 0.05) is 31.0 Å². The van der Waals surface area contributed by atoms with E-state index in [0.717, 1.165) is 17.7 Å². The van der Waals surface area contributed by atoms with Crippen molar-refractivity contribution in [3.05, 3.63) is 72.5 Å². The van der Waals surface area contributed by atoms with E-state index in [1.807, 2.05) is 6.07 Å². The van der Waals surface area contributed by atoms with E-state index in [-0.39, 0.29) is 23.4 Å². The van der Waals surface area contributed by atoms with Gasteiger partial charge in [0.05, 0.1) is 22.0 Å². The predicted molar refractivity (Wildman–Crippen MR) is 130 cm³/mol. The van der Waals surface area contributed by atoms with Gasteiger partial charge in [-0.3, -0.25) is 14.6 Å². The molecule has 1 unspecified atom stereocenters. The number of rotatable bonds is 6. The number of nitrogens with zero attached hydrogens (tertiary/aromatic N) is 6. The van der Waals surface area contributed by atoms with Crippen molar-refractivity contribution in [1.29, 1.82) is 0 Å². The van der Waals surface area contributed by atoms with Crippen molar-refractivity contribution in [2.75, 3.05) is 18.4 Å². The first kappa shape index (κ1) is 22.5. The van der Waals surface area contributed by atoms with Crippen LogP contribution in [0.15, 0.2) is 65.4 Å². The van der Waals surface area contributed by atoms with Gasteiger partial charge in [-0.1, -0.05) is 17.8 Å². The summed E-state index contributed by atoms with van der Waals surface area (Å²) in [5.41, 5.74) is 3.33. The molecule has 4 aromatic rings. The maximum Gasteiger partial charge on any atom is 0.275 e. The molecule has 1 aliphatic rings. The fourth-order valence-electron chi connectivity index (χ4n) is 3.85. The Morgan fingerprint density at radius 1 is 1.20 bits per heavy atom. The fraction of sp³-hybridized carbons (Fsp3) is 0.208. The van der Waals surface area contributed by atoms with Crippen molar-refractivity contribution < 1.29 is 14.1 Å². The predicted octanol–water partition coefficient (Wildman–Crippen LogP) is 3.79. The molecular formula is C24H21N7O3S. The molecule has 0 bridgehead atoms. The quantitative estimate of drug-likeness (QED) is 0.407. The Labute approximate surface area is 204 Å². The summed E-state index contributed by atoms with van der Waals surface area (Å²) in [4.78, 5) is 44.5. The van der Waals surface area contributed by atoms with Gasteiger partial charge in [-0.05, 0) is 43.2 Å². The monoisotopic (exact) mass is 487 g/mol. The maximum absolute atomic E-state index is 12.7. The molecule has 1 saturated heterocycles. The number of hydrogen-bond donors (Lipinski definition) is 1. The number of amides is 2.